The van der Waals surface area contributed by atoms with Crippen molar-refractivity contribution in [2.75, 3.05) is 5.73 Å². The van der Waals surface area contributed by atoms with Crippen molar-refractivity contribution < 1.29 is 4.52 Å². The van der Waals surface area contributed by atoms with E-state index in [9.17, 15) is 0 Å². The first-order chi connectivity index (χ1) is 6.33. The Morgan fingerprint density at radius 3 is 2.77 bits per heavy atom. The summed E-state index contributed by atoms with van der Waals surface area (Å²) < 4.78 is 5.11. The minimum Gasteiger partial charge on any atom is -0.365 e. The van der Waals surface area contributed by atoms with E-state index >= 15 is 0 Å². The summed E-state index contributed by atoms with van der Waals surface area (Å²) >= 11 is 0. The van der Waals surface area contributed by atoms with Crippen LogP contribution in [-0.4, -0.2) is 10.1 Å². The first kappa shape index (κ1) is 7.35. The molecule has 0 amide bonds. The van der Waals surface area contributed by atoms with Gasteiger partial charge in [-0.2, -0.15) is 4.98 Å². The molecule has 0 aliphatic heterocycles. The lowest BCUT2D eigenvalue weighted by molar-refractivity contribution is 0.302. The molecule has 13 heavy (non-hydrogen) atoms. The molecule has 0 spiro atoms. The molecule has 1 aromatic heterocycles. The van der Waals surface area contributed by atoms with Crippen LogP contribution in [-0.2, 0) is 0 Å². The minimum absolute atomic E-state index is 0.276. The third-order valence-electron chi connectivity index (χ3n) is 3.51. The first-order valence-corrected chi connectivity index (χ1v) is 4.92. The van der Waals surface area contributed by atoms with Gasteiger partial charge in [0.05, 0.1) is 0 Å². The molecule has 0 radical (unpaired) electrons. The summed E-state index contributed by atoms with van der Waals surface area (Å²) in [6.07, 6.45) is 5.31. The second kappa shape index (κ2) is 2.47. The van der Waals surface area contributed by atoms with E-state index in [2.05, 4.69) is 10.1 Å². The zero-order chi connectivity index (χ0) is 8.84. The van der Waals surface area contributed by atoms with Gasteiger partial charge in [-0.1, -0.05) is 6.42 Å². The predicted molar refractivity (Wildman–Crippen MR) is 46.9 cm³/mol. The molecule has 4 heteroatoms. The van der Waals surface area contributed by atoms with Crippen LogP contribution in [0.3, 0.4) is 0 Å². The molecule has 2 saturated carbocycles. The van der Waals surface area contributed by atoms with Gasteiger partial charge in [0, 0.05) is 5.92 Å². The number of hydrogen-bond acceptors (Lipinski definition) is 4. The van der Waals surface area contributed by atoms with Crippen LogP contribution < -0.4 is 5.73 Å². The van der Waals surface area contributed by atoms with Crippen LogP contribution in [0.2, 0.25) is 0 Å². The minimum atomic E-state index is 0.276. The van der Waals surface area contributed by atoms with Crippen LogP contribution in [0.1, 0.15) is 37.5 Å². The number of fused-ring (bicyclic) bond motifs is 2. The fraction of sp³-hybridized carbons (Fsp3) is 0.778. The van der Waals surface area contributed by atoms with Crippen molar-refractivity contribution >= 4 is 5.95 Å². The highest BCUT2D eigenvalue weighted by atomic mass is 16.5. The number of nitrogens with zero attached hydrogens (tertiary/aromatic N) is 2. The van der Waals surface area contributed by atoms with Crippen LogP contribution in [0.4, 0.5) is 5.95 Å². The molecule has 70 valence electrons. The Kier molecular flexibility index (Phi) is 1.39. The van der Waals surface area contributed by atoms with Gasteiger partial charge in [0.25, 0.3) is 5.95 Å². The Hall–Kier alpha value is -1.06. The van der Waals surface area contributed by atoms with Crippen molar-refractivity contribution in [3.05, 3.63) is 5.89 Å². The fourth-order valence-electron chi connectivity index (χ4n) is 2.95. The third-order valence-corrected chi connectivity index (χ3v) is 3.51. The average Bonchev–Trinajstić information content (AvgIpc) is 2.77. The van der Waals surface area contributed by atoms with E-state index in [4.69, 9.17) is 10.3 Å². The van der Waals surface area contributed by atoms with E-state index in [1.165, 1.54) is 25.7 Å². The molecule has 2 N–H and O–H groups in total. The Labute approximate surface area is 76.5 Å². The highest BCUT2D eigenvalue weighted by molar-refractivity contribution is 5.14. The Morgan fingerprint density at radius 2 is 2.23 bits per heavy atom. The van der Waals surface area contributed by atoms with Crippen molar-refractivity contribution in [1.29, 1.82) is 0 Å². The quantitative estimate of drug-likeness (QED) is 0.710. The summed E-state index contributed by atoms with van der Waals surface area (Å²) in [7, 11) is 0. The standard InChI is InChI=1S/C9H13N3O/c10-9-11-8(13-12-9)7-4-5-1-2-6(7)3-5/h5-7H,1-4H2,(H2,10,12). The van der Waals surface area contributed by atoms with Crippen LogP contribution in [0.15, 0.2) is 4.52 Å². The molecule has 4 nitrogen and oxygen atoms in total. The molecular weight excluding hydrogens is 166 g/mol. The second-order valence-corrected chi connectivity index (χ2v) is 4.27. The number of anilines is 1. The average molecular weight is 179 g/mol. The van der Waals surface area contributed by atoms with E-state index in [0.717, 1.165) is 17.7 Å². The number of hydrogen-bond donors (Lipinski definition) is 1. The Bertz CT molecular complexity index is 322. The van der Waals surface area contributed by atoms with E-state index in [-0.39, 0.29) is 5.95 Å². The normalized spacial score (nSPS) is 37.1. The molecule has 2 bridgehead atoms. The summed E-state index contributed by atoms with van der Waals surface area (Å²) in [5.74, 6) is 3.24. The van der Waals surface area contributed by atoms with Gasteiger partial charge in [0.15, 0.2) is 0 Å². The van der Waals surface area contributed by atoms with Gasteiger partial charge in [-0.15, -0.1) is 0 Å². The molecule has 0 saturated heterocycles. The Balaban J connectivity index is 1.87. The van der Waals surface area contributed by atoms with E-state index in [0.29, 0.717) is 5.92 Å². The lowest BCUT2D eigenvalue weighted by atomic mass is 9.89. The predicted octanol–water partition coefficient (Wildman–Crippen LogP) is 1.56. The van der Waals surface area contributed by atoms with Crippen LogP contribution >= 0.6 is 0 Å². The molecule has 0 aromatic carbocycles. The van der Waals surface area contributed by atoms with Crippen molar-refractivity contribution in [2.24, 2.45) is 11.8 Å². The van der Waals surface area contributed by atoms with Crippen LogP contribution in [0.5, 0.6) is 0 Å². The maximum Gasteiger partial charge on any atom is 0.260 e. The van der Waals surface area contributed by atoms with Gasteiger partial charge in [-0.05, 0) is 36.3 Å². The van der Waals surface area contributed by atoms with E-state index in [1.807, 2.05) is 0 Å². The summed E-state index contributed by atoms with van der Waals surface area (Å²) in [5.41, 5.74) is 5.43. The first-order valence-electron chi connectivity index (χ1n) is 4.92. The van der Waals surface area contributed by atoms with Crippen molar-refractivity contribution in [1.82, 2.24) is 10.1 Å². The third kappa shape index (κ3) is 1.04. The SMILES string of the molecule is Nc1noc(C2CC3CCC2C3)n1. The zero-order valence-corrected chi connectivity index (χ0v) is 7.44. The van der Waals surface area contributed by atoms with Gasteiger partial charge < -0.3 is 10.3 Å². The van der Waals surface area contributed by atoms with Crippen molar-refractivity contribution in [2.45, 2.75) is 31.6 Å². The number of aromatic nitrogens is 2. The van der Waals surface area contributed by atoms with Gasteiger partial charge in [0.2, 0.25) is 5.89 Å². The summed E-state index contributed by atoms with van der Waals surface area (Å²) in [6.45, 7) is 0. The highest BCUT2D eigenvalue weighted by Gasteiger charge is 2.42. The molecular formula is C9H13N3O. The molecule has 2 aliphatic carbocycles. The highest BCUT2D eigenvalue weighted by Crippen LogP contribution is 2.52. The zero-order valence-electron chi connectivity index (χ0n) is 7.44. The lowest BCUT2D eigenvalue weighted by Gasteiger charge is -2.16. The van der Waals surface area contributed by atoms with E-state index < -0.39 is 0 Å². The van der Waals surface area contributed by atoms with Gasteiger partial charge >= 0.3 is 0 Å². The van der Waals surface area contributed by atoms with Gasteiger partial charge in [0.1, 0.15) is 0 Å². The van der Waals surface area contributed by atoms with Gasteiger partial charge in [-0.3, -0.25) is 0 Å². The monoisotopic (exact) mass is 179 g/mol. The summed E-state index contributed by atoms with van der Waals surface area (Å²) in [4.78, 5) is 4.11. The molecule has 1 aromatic rings. The number of nitrogens with two attached hydrogens (primary N) is 1. The van der Waals surface area contributed by atoms with Crippen LogP contribution in [0.25, 0.3) is 0 Å². The number of rotatable bonds is 1. The summed E-state index contributed by atoms with van der Waals surface area (Å²) in [6, 6.07) is 0. The van der Waals surface area contributed by atoms with E-state index in [1.54, 1.807) is 0 Å². The maximum atomic E-state index is 5.43. The summed E-state index contributed by atoms with van der Waals surface area (Å²) in [5, 5.41) is 3.64. The molecule has 2 fully saturated rings. The molecule has 1 heterocycles. The fourth-order valence-corrected chi connectivity index (χ4v) is 2.95. The maximum absolute atomic E-state index is 5.43. The Morgan fingerprint density at radius 1 is 1.31 bits per heavy atom. The van der Waals surface area contributed by atoms with Crippen molar-refractivity contribution in [3.63, 3.8) is 0 Å². The largest absolute Gasteiger partial charge is 0.365 e. The molecule has 2 aliphatic rings. The smallest absolute Gasteiger partial charge is 0.260 e. The topological polar surface area (TPSA) is 64.9 Å². The lowest BCUT2D eigenvalue weighted by Crippen LogP contribution is -2.08. The molecule has 3 atom stereocenters. The molecule has 3 rings (SSSR count). The second-order valence-electron chi connectivity index (χ2n) is 4.27. The van der Waals surface area contributed by atoms with Crippen LogP contribution in [0, 0.1) is 11.8 Å². The molecule has 3 unspecified atom stereocenters. The van der Waals surface area contributed by atoms with Crippen molar-refractivity contribution in [3.8, 4) is 0 Å². The van der Waals surface area contributed by atoms with Gasteiger partial charge in [-0.25, -0.2) is 0 Å². The number of nitrogen functional groups attached to an aromatic ring is 1.